The average Bonchev–Trinajstić information content (AvgIpc) is 3.31. The molecule has 0 heteroatoms. The molecule has 0 bridgehead atoms. The first-order valence-electron chi connectivity index (χ1n) is 28.2. The van der Waals surface area contributed by atoms with Crippen LogP contribution in [0, 0.1) is 94.7 Å². The summed E-state index contributed by atoms with van der Waals surface area (Å²) in [6.07, 6.45) is 65.1. The molecule has 326 valence electrons. The Morgan fingerprint density at radius 3 is 0.690 bits per heavy atom. The summed E-state index contributed by atoms with van der Waals surface area (Å²) in [5.74, 6) is 16.4. The molecule has 10 fully saturated rings. The highest BCUT2D eigenvalue weighted by Crippen LogP contribution is 2.61. The SMILES string of the molecule is C(=C(C1CCCCC1)C1CCCCC1)C1CCC(C2CCC(C3CCC(C=C(C4CCCCC4)C4CCCCC4)C4CCCCC43)C3CCCCC23)C2CCCCC12. The second kappa shape index (κ2) is 19.9. The van der Waals surface area contributed by atoms with Crippen LogP contribution in [0.15, 0.2) is 23.3 Å². The molecule has 58 heavy (non-hydrogen) atoms. The highest BCUT2D eigenvalue weighted by Gasteiger charge is 2.53. The van der Waals surface area contributed by atoms with Gasteiger partial charge in [0.25, 0.3) is 0 Å². The maximum atomic E-state index is 3.10. The Morgan fingerprint density at radius 2 is 0.397 bits per heavy atom. The first-order valence-corrected chi connectivity index (χ1v) is 28.2. The molecule has 0 aromatic rings. The molecule has 0 nitrogen and oxygen atoms in total. The zero-order chi connectivity index (χ0) is 38.7. The van der Waals surface area contributed by atoms with Gasteiger partial charge in [-0.05, 0) is 223 Å². The Morgan fingerprint density at radius 1 is 0.190 bits per heavy atom. The molecule has 0 heterocycles. The van der Waals surface area contributed by atoms with Crippen molar-refractivity contribution in [2.45, 2.75) is 244 Å². The van der Waals surface area contributed by atoms with Crippen molar-refractivity contribution in [2.24, 2.45) is 94.7 Å². The lowest BCUT2D eigenvalue weighted by Gasteiger charge is -2.57. The van der Waals surface area contributed by atoms with E-state index in [1.807, 2.05) is 11.1 Å². The summed E-state index contributed by atoms with van der Waals surface area (Å²) in [7, 11) is 0. The van der Waals surface area contributed by atoms with Crippen molar-refractivity contribution in [3.63, 3.8) is 0 Å². The van der Waals surface area contributed by atoms with Gasteiger partial charge in [0.15, 0.2) is 0 Å². The van der Waals surface area contributed by atoms with Gasteiger partial charge in [-0.3, -0.25) is 0 Å². The molecule has 0 aliphatic heterocycles. The molecular weight excluding hydrogens is 697 g/mol. The summed E-state index contributed by atoms with van der Waals surface area (Å²) in [5, 5.41) is 0. The normalized spacial score (nSPS) is 42.7. The van der Waals surface area contributed by atoms with E-state index in [2.05, 4.69) is 12.2 Å². The number of hydrogen-bond donors (Lipinski definition) is 0. The molecule has 10 saturated carbocycles. The minimum Gasteiger partial charge on any atom is -0.0814 e. The molecule has 12 atom stereocenters. The molecule has 0 spiro atoms. The first-order chi connectivity index (χ1) is 28.8. The van der Waals surface area contributed by atoms with Gasteiger partial charge in [0.1, 0.15) is 0 Å². The van der Waals surface area contributed by atoms with Crippen molar-refractivity contribution in [2.75, 3.05) is 0 Å². The summed E-state index contributed by atoms with van der Waals surface area (Å²) < 4.78 is 0. The van der Waals surface area contributed by atoms with Crippen LogP contribution < -0.4 is 0 Å². The summed E-state index contributed by atoms with van der Waals surface area (Å²) in [4.78, 5) is 0. The second-order valence-electron chi connectivity index (χ2n) is 24.2. The third-order valence-corrected chi connectivity index (χ3v) is 21.6. The average molecular weight is 791 g/mol. The van der Waals surface area contributed by atoms with Gasteiger partial charge >= 0.3 is 0 Å². The minimum atomic E-state index is 0.933. The van der Waals surface area contributed by atoms with Crippen molar-refractivity contribution >= 4 is 0 Å². The Kier molecular flexibility index (Phi) is 14.2. The number of allylic oxidation sites excluding steroid dienone is 4. The summed E-state index contributed by atoms with van der Waals surface area (Å²) in [5.41, 5.74) is 4.09. The molecule has 0 radical (unpaired) electrons. The predicted molar refractivity (Wildman–Crippen MR) is 247 cm³/mol. The quantitative estimate of drug-likeness (QED) is 0.215. The number of rotatable bonds is 8. The van der Waals surface area contributed by atoms with E-state index in [-0.39, 0.29) is 0 Å². The van der Waals surface area contributed by atoms with E-state index in [0.717, 1.165) is 94.7 Å². The van der Waals surface area contributed by atoms with Crippen LogP contribution in [0.4, 0.5) is 0 Å². The number of hydrogen-bond acceptors (Lipinski definition) is 0. The van der Waals surface area contributed by atoms with E-state index in [9.17, 15) is 0 Å². The smallest absolute Gasteiger partial charge is 0.0199 e. The van der Waals surface area contributed by atoms with Crippen LogP contribution in [-0.4, -0.2) is 0 Å². The fraction of sp³-hybridized carbons (Fsp3) is 0.931. The minimum absolute atomic E-state index is 0.933. The maximum Gasteiger partial charge on any atom is -0.0199 e. The van der Waals surface area contributed by atoms with E-state index in [1.165, 1.54) is 128 Å². The highest BCUT2D eigenvalue weighted by atomic mass is 14.6. The van der Waals surface area contributed by atoms with Crippen molar-refractivity contribution < 1.29 is 0 Å². The molecular formula is C58H94. The van der Waals surface area contributed by atoms with Gasteiger partial charge in [0.2, 0.25) is 0 Å². The monoisotopic (exact) mass is 791 g/mol. The van der Waals surface area contributed by atoms with Crippen LogP contribution in [0.3, 0.4) is 0 Å². The topological polar surface area (TPSA) is 0 Å². The Balaban J connectivity index is 0.857. The Labute approximate surface area is 360 Å². The standard InChI is InChI=1S/C58H94/c1-5-19-41(20-6-1)57(42-21-7-2-8-22-42)39-45-33-35-53(49-29-15-13-27-47(45)49)55-37-38-56(52-32-18-17-31-51(52)55)54-36-34-46(48-28-14-16-30-50(48)54)40-58(43-23-9-3-10-24-43)44-25-11-4-12-26-44/h39-56H,1-38H2. The predicted octanol–water partition coefficient (Wildman–Crippen LogP) is 17.7. The van der Waals surface area contributed by atoms with E-state index in [1.54, 1.807) is 116 Å². The van der Waals surface area contributed by atoms with Crippen LogP contribution in [0.2, 0.25) is 0 Å². The van der Waals surface area contributed by atoms with E-state index in [4.69, 9.17) is 0 Å². The molecule has 10 rings (SSSR count). The van der Waals surface area contributed by atoms with Gasteiger partial charge in [-0.2, -0.15) is 0 Å². The molecule has 0 saturated heterocycles. The van der Waals surface area contributed by atoms with Crippen LogP contribution in [0.1, 0.15) is 244 Å². The van der Waals surface area contributed by atoms with Crippen molar-refractivity contribution in [1.82, 2.24) is 0 Å². The van der Waals surface area contributed by atoms with Crippen LogP contribution in [0.25, 0.3) is 0 Å². The molecule has 0 aromatic carbocycles. The van der Waals surface area contributed by atoms with Crippen LogP contribution in [-0.2, 0) is 0 Å². The zero-order valence-electron chi connectivity index (χ0n) is 38.3. The van der Waals surface area contributed by atoms with Crippen LogP contribution >= 0.6 is 0 Å². The highest BCUT2D eigenvalue weighted by molar-refractivity contribution is 5.18. The molecule has 0 aromatic heterocycles. The van der Waals surface area contributed by atoms with Gasteiger partial charge in [0.05, 0.1) is 0 Å². The van der Waals surface area contributed by atoms with E-state index < -0.39 is 0 Å². The Hall–Kier alpha value is -0.520. The zero-order valence-corrected chi connectivity index (χ0v) is 38.3. The number of fused-ring (bicyclic) bond motifs is 3. The second-order valence-corrected chi connectivity index (χ2v) is 24.2. The summed E-state index contributed by atoms with van der Waals surface area (Å²) in [6.45, 7) is 0. The van der Waals surface area contributed by atoms with Crippen molar-refractivity contribution in [3.05, 3.63) is 23.3 Å². The van der Waals surface area contributed by atoms with Crippen LogP contribution in [0.5, 0.6) is 0 Å². The lowest BCUT2D eigenvalue weighted by atomic mass is 9.48. The summed E-state index contributed by atoms with van der Waals surface area (Å²) in [6, 6.07) is 0. The third-order valence-electron chi connectivity index (χ3n) is 21.6. The molecule has 0 amide bonds. The maximum absolute atomic E-state index is 3.10. The van der Waals surface area contributed by atoms with E-state index >= 15 is 0 Å². The molecule has 10 aliphatic rings. The van der Waals surface area contributed by atoms with Gasteiger partial charge < -0.3 is 0 Å². The van der Waals surface area contributed by atoms with Gasteiger partial charge in [-0.1, -0.05) is 139 Å². The first kappa shape index (κ1) is 41.5. The van der Waals surface area contributed by atoms with Crippen molar-refractivity contribution in [1.29, 1.82) is 0 Å². The third kappa shape index (κ3) is 8.97. The molecule has 10 aliphatic carbocycles. The van der Waals surface area contributed by atoms with E-state index in [0.29, 0.717) is 0 Å². The summed E-state index contributed by atoms with van der Waals surface area (Å²) >= 11 is 0. The lowest BCUT2D eigenvalue weighted by Crippen LogP contribution is -2.49. The van der Waals surface area contributed by atoms with Crippen molar-refractivity contribution in [3.8, 4) is 0 Å². The van der Waals surface area contributed by atoms with Gasteiger partial charge in [0, 0.05) is 0 Å². The molecule has 0 N–H and O–H groups in total. The fourth-order valence-electron chi connectivity index (χ4n) is 19.2. The molecule has 12 unspecified atom stereocenters. The Bertz CT molecular complexity index is 1180. The lowest BCUT2D eigenvalue weighted by molar-refractivity contribution is -0.0753. The van der Waals surface area contributed by atoms with Gasteiger partial charge in [-0.15, -0.1) is 0 Å². The largest absolute Gasteiger partial charge is 0.0814 e. The van der Waals surface area contributed by atoms with Gasteiger partial charge in [-0.25, -0.2) is 0 Å². The fourth-order valence-corrected chi connectivity index (χ4v) is 19.2.